The van der Waals surface area contributed by atoms with Gasteiger partial charge in [-0.05, 0) is 27.1 Å². The number of nitrogens with zero attached hydrogens (tertiary/aromatic N) is 2. The van der Waals surface area contributed by atoms with Crippen LogP contribution in [0.3, 0.4) is 0 Å². The lowest BCUT2D eigenvalue weighted by atomic mass is 10.3. The molecule has 0 aliphatic carbocycles. The zero-order chi connectivity index (χ0) is 11.7. The second-order valence-electron chi connectivity index (χ2n) is 3.96. The molecule has 0 saturated heterocycles. The zero-order valence-electron chi connectivity index (χ0n) is 10.1. The van der Waals surface area contributed by atoms with E-state index in [1.54, 1.807) is 0 Å². The monoisotopic (exact) mass is 216 g/mol. The normalized spacial score (nSPS) is 11.1. The number of hydrogen-bond donors (Lipinski definition) is 2. The summed E-state index contributed by atoms with van der Waals surface area (Å²) in [7, 11) is 4.10. The van der Waals surface area contributed by atoms with Crippen molar-refractivity contribution in [1.29, 1.82) is 0 Å². The Morgan fingerprint density at radius 3 is 2.33 bits per heavy atom. The predicted octanol–water partition coefficient (Wildman–Crippen LogP) is -0.360. The van der Waals surface area contributed by atoms with Crippen LogP contribution in [0, 0.1) is 0 Å². The number of likely N-dealkylation sites (N-methyl/N-ethyl adjacent to an activating group) is 1. The van der Waals surface area contributed by atoms with Crippen molar-refractivity contribution in [3.8, 4) is 0 Å². The van der Waals surface area contributed by atoms with Gasteiger partial charge < -0.3 is 9.80 Å². The van der Waals surface area contributed by atoms with Crippen LogP contribution in [0.1, 0.15) is 19.8 Å². The number of carbonyl (C=O) groups is 1. The number of rotatable bonds is 8. The lowest BCUT2D eigenvalue weighted by molar-refractivity contribution is -0.121. The highest BCUT2D eigenvalue weighted by molar-refractivity contribution is 5.75. The van der Waals surface area contributed by atoms with Crippen molar-refractivity contribution in [2.45, 2.75) is 19.8 Å². The van der Waals surface area contributed by atoms with E-state index in [2.05, 4.69) is 36.2 Å². The van der Waals surface area contributed by atoms with Crippen LogP contribution in [0.25, 0.3) is 0 Å². The summed E-state index contributed by atoms with van der Waals surface area (Å²) in [5.41, 5.74) is 2.15. The third-order valence-corrected chi connectivity index (χ3v) is 2.22. The Bertz CT molecular complexity index is 173. The van der Waals surface area contributed by atoms with Gasteiger partial charge in [-0.1, -0.05) is 6.92 Å². The zero-order valence-corrected chi connectivity index (χ0v) is 10.1. The minimum Gasteiger partial charge on any atom is -0.308 e. The van der Waals surface area contributed by atoms with E-state index >= 15 is 0 Å². The summed E-state index contributed by atoms with van der Waals surface area (Å²) in [4.78, 5) is 15.4. The maximum atomic E-state index is 11.0. The molecule has 0 bridgehead atoms. The minimum absolute atomic E-state index is 0.0963. The molecule has 0 aliphatic rings. The van der Waals surface area contributed by atoms with Gasteiger partial charge in [0.1, 0.15) is 0 Å². The molecule has 0 spiro atoms. The van der Waals surface area contributed by atoms with Crippen LogP contribution < -0.4 is 11.3 Å². The fourth-order valence-corrected chi connectivity index (χ4v) is 1.32. The average molecular weight is 216 g/mol. The number of nitrogens with two attached hydrogens (primary N) is 1. The lowest BCUT2D eigenvalue weighted by Crippen LogP contribution is -2.37. The molecule has 0 radical (unpaired) electrons. The first kappa shape index (κ1) is 14.3. The fraction of sp³-hybridized carbons (Fsp3) is 0.900. The standard InChI is InChI=1S/C10H24N4O/c1-4-6-14(9-8-13(2)3)7-5-10(15)12-11/h4-9,11H2,1-3H3,(H,12,15). The molecule has 0 rings (SSSR count). The van der Waals surface area contributed by atoms with Crippen LogP contribution in [0.15, 0.2) is 0 Å². The second-order valence-corrected chi connectivity index (χ2v) is 3.96. The molecular formula is C10H24N4O. The molecule has 0 atom stereocenters. The van der Waals surface area contributed by atoms with Crippen LogP contribution in [0.5, 0.6) is 0 Å². The molecule has 0 saturated carbocycles. The fourth-order valence-electron chi connectivity index (χ4n) is 1.32. The second kappa shape index (κ2) is 8.64. The van der Waals surface area contributed by atoms with E-state index in [0.717, 1.165) is 32.6 Å². The van der Waals surface area contributed by atoms with Crippen LogP contribution in [0.2, 0.25) is 0 Å². The van der Waals surface area contributed by atoms with E-state index < -0.39 is 0 Å². The third-order valence-electron chi connectivity index (χ3n) is 2.22. The van der Waals surface area contributed by atoms with Gasteiger partial charge in [-0.3, -0.25) is 10.2 Å². The van der Waals surface area contributed by atoms with Gasteiger partial charge in [-0.2, -0.15) is 0 Å². The van der Waals surface area contributed by atoms with Crippen molar-refractivity contribution < 1.29 is 4.79 Å². The summed E-state index contributed by atoms with van der Waals surface area (Å²) < 4.78 is 0. The number of carbonyl (C=O) groups excluding carboxylic acids is 1. The Hall–Kier alpha value is -0.650. The van der Waals surface area contributed by atoms with Gasteiger partial charge in [-0.25, -0.2) is 5.84 Å². The first-order chi connectivity index (χ1) is 7.10. The van der Waals surface area contributed by atoms with Crippen molar-refractivity contribution in [2.75, 3.05) is 40.3 Å². The first-order valence-electron chi connectivity index (χ1n) is 5.46. The molecule has 15 heavy (non-hydrogen) atoms. The van der Waals surface area contributed by atoms with Crippen LogP contribution in [-0.2, 0) is 4.79 Å². The molecule has 5 heteroatoms. The van der Waals surface area contributed by atoms with E-state index in [1.165, 1.54) is 0 Å². The van der Waals surface area contributed by atoms with E-state index in [4.69, 9.17) is 5.84 Å². The number of amides is 1. The Kier molecular flexibility index (Phi) is 8.27. The van der Waals surface area contributed by atoms with Gasteiger partial charge in [0.05, 0.1) is 0 Å². The molecule has 0 aromatic heterocycles. The third kappa shape index (κ3) is 8.35. The topological polar surface area (TPSA) is 61.6 Å². The molecule has 3 N–H and O–H groups in total. The van der Waals surface area contributed by atoms with Gasteiger partial charge in [-0.15, -0.1) is 0 Å². The summed E-state index contributed by atoms with van der Waals surface area (Å²) in [5.74, 6) is 4.93. The predicted molar refractivity (Wildman–Crippen MR) is 62.2 cm³/mol. The summed E-state index contributed by atoms with van der Waals surface area (Å²) >= 11 is 0. The molecule has 0 aliphatic heterocycles. The highest BCUT2D eigenvalue weighted by Crippen LogP contribution is 1.94. The van der Waals surface area contributed by atoms with Crippen molar-refractivity contribution >= 4 is 5.91 Å². The number of hydrazine groups is 1. The Labute approximate surface area is 92.6 Å². The summed E-state index contributed by atoms with van der Waals surface area (Å²) in [5, 5.41) is 0. The van der Waals surface area contributed by atoms with Gasteiger partial charge in [0.15, 0.2) is 0 Å². The molecule has 0 unspecified atom stereocenters. The lowest BCUT2D eigenvalue weighted by Gasteiger charge is -2.23. The SMILES string of the molecule is CCCN(CCC(=O)NN)CCN(C)C. The Morgan fingerprint density at radius 1 is 1.20 bits per heavy atom. The van der Waals surface area contributed by atoms with Crippen molar-refractivity contribution in [2.24, 2.45) is 5.84 Å². The molecule has 0 aromatic carbocycles. The quantitative estimate of drug-likeness (QED) is 0.330. The Balaban J connectivity index is 3.77. The molecule has 90 valence electrons. The highest BCUT2D eigenvalue weighted by Gasteiger charge is 2.06. The van der Waals surface area contributed by atoms with E-state index in [-0.39, 0.29) is 5.91 Å². The molecular weight excluding hydrogens is 192 g/mol. The van der Waals surface area contributed by atoms with Crippen LogP contribution in [-0.4, -0.2) is 56.0 Å². The Morgan fingerprint density at radius 2 is 1.87 bits per heavy atom. The maximum absolute atomic E-state index is 11.0. The molecule has 1 amide bonds. The van der Waals surface area contributed by atoms with Crippen molar-refractivity contribution in [1.82, 2.24) is 15.2 Å². The molecule has 0 heterocycles. The summed E-state index contributed by atoms with van der Waals surface area (Å²) in [6, 6.07) is 0. The first-order valence-corrected chi connectivity index (χ1v) is 5.46. The van der Waals surface area contributed by atoms with Crippen molar-refractivity contribution in [3.05, 3.63) is 0 Å². The smallest absolute Gasteiger partial charge is 0.235 e. The maximum Gasteiger partial charge on any atom is 0.235 e. The van der Waals surface area contributed by atoms with E-state index in [0.29, 0.717) is 6.42 Å². The average Bonchev–Trinajstić information content (AvgIpc) is 2.21. The van der Waals surface area contributed by atoms with Crippen LogP contribution >= 0.6 is 0 Å². The van der Waals surface area contributed by atoms with Gasteiger partial charge in [0.2, 0.25) is 5.91 Å². The molecule has 0 fully saturated rings. The van der Waals surface area contributed by atoms with E-state index in [1.807, 2.05) is 0 Å². The largest absolute Gasteiger partial charge is 0.308 e. The van der Waals surface area contributed by atoms with Gasteiger partial charge >= 0.3 is 0 Å². The molecule has 5 nitrogen and oxygen atoms in total. The summed E-state index contributed by atoms with van der Waals surface area (Å²) in [6.07, 6.45) is 1.58. The van der Waals surface area contributed by atoms with Crippen molar-refractivity contribution in [3.63, 3.8) is 0 Å². The van der Waals surface area contributed by atoms with Crippen LogP contribution in [0.4, 0.5) is 0 Å². The number of hydrogen-bond acceptors (Lipinski definition) is 4. The number of nitrogens with one attached hydrogen (secondary N) is 1. The highest BCUT2D eigenvalue weighted by atomic mass is 16.2. The van der Waals surface area contributed by atoms with E-state index in [9.17, 15) is 4.79 Å². The molecule has 0 aromatic rings. The van der Waals surface area contributed by atoms with Gasteiger partial charge in [0, 0.05) is 26.1 Å². The summed E-state index contributed by atoms with van der Waals surface area (Å²) in [6.45, 7) is 5.98. The minimum atomic E-state index is -0.0963. The van der Waals surface area contributed by atoms with Gasteiger partial charge in [0.25, 0.3) is 0 Å².